The monoisotopic (exact) mass is 577 g/mol. The molecule has 0 amide bonds. The largest absolute Gasteiger partial charge is 0.490 e. The minimum absolute atomic E-state index is 0.125. The number of aliphatic carboxylic acids is 2. The van der Waals surface area contributed by atoms with Crippen LogP contribution in [0.1, 0.15) is 30.2 Å². The molecule has 214 valence electrons. The summed E-state index contributed by atoms with van der Waals surface area (Å²) in [5.74, 6) is -1.83. The van der Waals surface area contributed by atoms with Crippen LogP contribution in [0.5, 0.6) is 5.75 Å². The predicted molar refractivity (Wildman–Crippen MR) is 144 cm³/mol. The number of carboxylic acids is 2. The fraction of sp³-hybridized carbons (Fsp3) is 0.357. The van der Waals surface area contributed by atoms with E-state index in [1.54, 1.807) is 11.8 Å². The SMILES string of the molecule is CSc1ccc(COc2ccc(-c3ncc4c(n3)CCN(CC(C)CC(=O)O)C4)cc2)cc1.O=C(O)C(F)(F)F. The zero-order chi connectivity index (χ0) is 29.3. The van der Waals surface area contributed by atoms with Crippen molar-refractivity contribution in [3.8, 4) is 17.1 Å². The van der Waals surface area contributed by atoms with Gasteiger partial charge in [-0.05, 0) is 54.1 Å². The fourth-order valence-electron chi connectivity index (χ4n) is 4.06. The molecule has 2 aromatic carbocycles. The quantitative estimate of drug-likeness (QED) is 0.316. The van der Waals surface area contributed by atoms with E-state index >= 15 is 0 Å². The molecule has 1 aromatic heterocycles. The summed E-state index contributed by atoms with van der Waals surface area (Å²) >= 11 is 1.73. The van der Waals surface area contributed by atoms with Gasteiger partial charge in [0, 0.05) is 54.7 Å². The van der Waals surface area contributed by atoms with E-state index in [0.29, 0.717) is 6.61 Å². The standard InChI is InChI=1S/C26H29N3O3S.C2HF3O2/c1-18(13-25(30)31)15-29-12-11-24-21(16-29)14-27-26(28-24)20-5-7-22(8-6-20)32-17-19-3-9-23(33-2)10-4-19;3-2(4,5)1(6)7/h3-10,14,18H,11-13,15-17H2,1-2H3,(H,30,31);(H,6,7). The Balaban J connectivity index is 0.000000559. The van der Waals surface area contributed by atoms with Crippen LogP contribution in [0.2, 0.25) is 0 Å². The van der Waals surface area contributed by atoms with Gasteiger partial charge < -0.3 is 14.9 Å². The molecule has 0 spiro atoms. The number of aromatic nitrogens is 2. The number of nitrogens with zero attached hydrogens (tertiary/aromatic N) is 3. The van der Waals surface area contributed by atoms with E-state index in [1.807, 2.05) is 37.4 Å². The molecule has 1 aliphatic heterocycles. The maximum absolute atomic E-state index is 10.9. The summed E-state index contributed by atoms with van der Waals surface area (Å²) < 4.78 is 37.7. The van der Waals surface area contributed by atoms with Crippen LogP contribution >= 0.6 is 11.8 Å². The van der Waals surface area contributed by atoms with E-state index in [0.717, 1.165) is 60.0 Å². The Morgan fingerprint density at radius 3 is 2.33 bits per heavy atom. The lowest BCUT2D eigenvalue weighted by Crippen LogP contribution is -2.35. The third kappa shape index (κ3) is 9.53. The molecule has 0 fully saturated rings. The zero-order valence-electron chi connectivity index (χ0n) is 22.0. The van der Waals surface area contributed by atoms with Gasteiger partial charge in [0.05, 0.1) is 5.69 Å². The summed E-state index contributed by atoms with van der Waals surface area (Å²) in [6, 6.07) is 16.3. The molecule has 3 aromatic rings. The van der Waals surface area contributed by atoms with E-state index in [1.165, 1.54) is 4.90 Å². The third-order valence-corrected chi connectivity index (χ3v) is 6.77. The molecule has 0 bridgehead atoms. The molecule has 2 N–H and O–H groups in total. The first-order chi connectivity index (χ1) is 18.9. The Labute approximate surface area is 234 Å². The topological polar surface area (TPSA) is 113 Å². The van der Waals surface area contributed by atoms with Crippen LogP contribution in [0.25, 0.3) is 11.4 Å². The maximum atomic E-state index is 10.9. The Morgan fingerprint density at radius 1 is 1.10 bits per heavy atom. The molecule has 1 aliphatic rings. The molecule has 4 rings (SSSR count). The average Bonchev–Trinajstić information content (AvgIpc) is 2.91. The molecular weight excluding hydrogens is 547 g/mol. The van der Waals surface area contributed by atoms with E-state index in [9.17, 15) is 18.0 Å². The van der Waals surface area contributed by atoms with E-state index < -0.39 is 18.1 Å². The molecule has 0 saturated heterocycles. The van der Waals surface area contributed by atoms with Gasteiger partial charge in [0.2, 0.25) is 0 Å². The summed E-state index contributed by atoms with van der Waals surface area (Å²) in [5, 5.41) is 16.1. The van der Waals surface area contributed by atoms with E-state index in [2.05, 4.69) is 40.4 Å². The van der Waals surface area contributed by atoms with Crippen LogP contribution < -0.4 is 4.74 Å². The first kappa shape index (κ1) is 30.9. The van der Waals surface area contributed by atoms with Crippen molar-refractivity contribution in [2.75, 3.05) is 19.3 Å². The van der Waals surface area contributed by atoms with E-state index in [4.69, 9.17) is 24.7 Å². The molecule has 8 nitrogen and oxygen atoms in total. The van der Waals surface area contributed by atoms with Crippen molar-refractivity contribution in [3.05, 3.63) is 71.5 Å². The number of hydrogen-bond acceptors (Lipinski definition) is 7. The van der Waals surface area contributed by atoms with Crippen LogP contribution in [-0.4, -0.2) is 62.5 Å². The van der Waals surface area contributed by atoms with Gasteiger partial charge in [-0.15, -0.1) is 11.8 Å². The van der Waals surface area contributed by atoms with Crippen LogP contribution in [0.4, 0.5) is 13.2 Å². The Hall–Kier alpha value is -3.64. The van der Waals surface area contributed by atoms with Crippen molar-refractivity contribution in [2.24, 2.45) is 5.92 Å². The highest BCUT2D eigenvalue weighted by molar-refractivity contribution is 7.98. The Morgan fingerprint density at radius 2 is 1.75 bits per heavy atom. The summed E-state index contributed by atoms with van der Waals surface area (Å²) in [7, 11) is 0. The highest BCUT2D eigenvalue weighted by atomic mass is 32.2. The number of alkyl halides is 3. The molecule has 0 aliphatic carbocycles. The highest BCUT2D eigenvalue weighted by Crippen LogP contribution is 2.24. The number of rotatable bonds is 9. The van der Waals surface area contributed by atoms with Gasteiger partial charge in [-0.1, -0.05) is 19.1 Å². The normalized spacial score (nSPS) is 13.9. The van der Waals surface area contributed by atoms with Gasteiger partial charge in [-0.2, -0.15) is 13.2 Å². The number of carboxylic acid groups (broad SMARTS) is 2. The van der Waals surface area contributed by atoms with Crippen molar-refractivity contribution in [2.45, 2.75) is 44.0 Å². The van der Waals surface area contributed by atoms with Crippen molar-refractivity contribution < 1.29 is 37.7 Å². The van der Waals surface area contributed by atoms with Gasteiger partial charge in [-0.25, -0.2) is 14.8 Å². The molecule has 1 atom stereocenters. The minimum Gasteiger partial charge on any atom is -0.489 e. The van der Waals surface area contributed by atoms with Gasteiger partial charge in [0.25, 0.3) is 0 Å². The second-order valence-corrected chi connectivity index (χ2v) is 10.2. The van der Waals surface area contributed by atoms with Crippen LogP contribution in [0, 0.1) is 5.92 Å². The van der Waals surface area contributed by atoms with Gasteiger partial charge in [0.15, 0.2) is 5.82 Å². The van der Waals surface area contributed by atoms with Crippen LogP contribution in [0.15, 0.2) is 59.6 Å². The predicted octanol–water partition coefficient (Wildman–Crippen LogP) is 5.55. The number of carbonyl (C=O) groups is 2. The molecule has 12 heteroatoms. The Bertz CT molecular complexity index is 1290. The van der Waals surface area contributed by atoms with Gasteiger partial charge in [-0.3, -0.25) is 9.69 Å². The summed E-state index contributed by atoms with van der Waals surface area (Å²) in [6.07, 6.45) is -0.0577. The number of ether oxygens (including phenoxy) is 1. The van der Waals surface area contributed by atoms with Crippen molar-refractivity contribution >= 4 is 23.7 Å². The van der Waals surface area contributed by atoms with E-state index in [-0.39, 0.29) is 12.3 Å². The number of halogens is 3. The summed E-state index contributed by atoms with van der Waals surface area (Å²) in [5.41, 5.74) is 4.31. The lowest BCUT2D eigenvalue weighted by atomic mass is 10.0. The molecule has 0 saturated carbocycles. The summed E-state index contributed by atoms with van der Waals surface area (Å²) in [6.45, 7) is 4.95. The van der Waals surface area contributed by atoms with Crippen LogP contribution in [-0.2, 0) is 29.2 Å². The lowest BCUT2D eigenvalue weighted by molar-refractivity contribution is -0.192. The first-order valence-corrected chi connectivity index (χ1v) is 13.6. The molecule has 1 unspecified atom stereocenters. The average molecular weight is 578 g/mol. The van der Waals surface area contributed by atoms with Crippen molar-refractivity contribution in [1.82, 2.24) is 14.9 Å². The second-order valence-electron chi connectivity index (χ2n) is 9.32. The fourth-order valence-corrected chi connectivity index (χ4v) is 4.47. The Kier molecular flexibility index (Phi) is 10.9. The van der Waals surface area contributed by atoms with Crippen molar-refractivity contribution in [3.63, 3.8) is 0 Å². The minimum atomic E-state index is -5.08. The molecular formula is C28H30F3N3O5S. The van der Waals surface area contributed by atoms with Crippen LogP contribution in [0.3, 0.4) is 0 Å². The number of thioether (sulfide) groups is 1. The molecule has 2 heterocycles. The lowest BCUT2D eigenvalue weighted by Gasteiger charge is -2.29. The van der Waals surface area contributed by atoms with Gasteiger partial charge in [0.1, 0.15) is 12.4 Å². The molecule has 40 heavy (non-hydrogen) atoms. The van der Waals surface area contributed by atoms with Crippen molar-refractivity contribution in [1.29, 1.82) is 0 Å². The molecule has 0 radical (unpaired) electrons. The maximum Gasteiger partial charge on any atom is 0.490 e. The smallest absolute Gasteiger partial charge is 0.489 e. The second kappa shape index (κ2) is 14.1. The van der Waals surface area contributed by atoms with Gasteiger partial charge >= 0.3 is 18.1 Å². The summed E-state index contributed by atoms with van der Waals surface area (Å²) in [4.78, 5) is 32.7. The highest BCUT2D eigenvalue weighted by Gasteiger charge is 2.38. The zero-order valence-corrected chi connectivity index (χ0v) is 22.8. The number of benzene rings is 2. The first-order valence-electron chi connectivity index (χ1n) is 12.4. The third-order valence-electron chi connectivity index (χ3n) is 6.03. The number of fused-ring (bicyclic) bond motifs is 1. The number of hydrogen-bond donors (Lipinski definition) is 2.